The molecule has 2 aromatic rings. The maximum atomic E-state index is 12.9. The summed E-state index contributed by atoms with van der Waals surface area (Å²) in [6.07, 6.45) is 0.603. The Kier molecular flexibility index (Phi) is 4.81. The number of carbonyl (C=O) groups is 1. The number of hydrogen-bond acceptors (Lipinski definition) is 3. The van der Waals surface area contributed by atoms with Crippen LogP contribution < -0.4 is 14.4 Å². The van der Waals surface area contributed by atoms with E-state index in [-0.39, 0.29) is 11.8 Å². The summed E-state index contributed by atoms with van der Waals surface area (Å²) in [7, 11) is 3.26. The van der Waals surface area contributed by atoms with Crippen LogP contribution in [0.4, 0.5) is 5.69 Å². The first-order valence-corrected chi connectivity index (χ1v) is 8.70. The Morgan fingerprint density at radius 3 is 2.58 bits per heavy atom. The second kappa shape index (κ2) is 6.85. The largest absolute Gasteiger partial charge is 0.497 e. The number of amides is 1. The highest BCUT2D eigenvalue weighted by Crippen LogP contribution is 2.41. The number of anilines is 1. The predicted octanol–water partition coefficient (Wildman–Crippen LogP) is 4.16. The van der Waals surface area contributed by atoms with Crippen molar-refractivity contribution >= 4 is 27.5 Å². The third kappa shape index (κ3) is 2.88. The molecule has 5 heteroatoms. The number of methoxy groups -OCH3 is 2. The quantitative estimate of drug-likeness (QED) is 0.770. The van der Waals surface area contributed by atoms with E-state index in [2.05, 4.69) is 15.9 Å². The van der Waals surface area contributed by atoms with Gasteiger partial charge < -0.3 is 14.4 Å². The summed E-state index contributed by atoms with van der Waals surface area (Å²) in [4.78, 5) is 14.7. The molecule has 1 aliphatic heterocycles. The molecule has 2 aromatic carbocycles. The lowest BCUT2D eigenvalue weighted by atomic mass is 9.92. The lowest BCUT2D eigenvalue weighted by molar-refractivity contribution is -0.119. The van der Waals surface area contributed by atoms with Crippen molar-refractivity contribution in [3.8, 4) is 11.5 Å². The SMILES string of the molecule is CCN1C(=O)[C@H](Cc2ccc(OC)cc2OC)c2cc(Br)ccc21. The first-order chi connectivity index (χ1) is 11.6. The maximum absolute atomic E-state index is 12.9. The fourth-order valence-electron chi connectivity index (χ4n) is 3.25. The van der Waals surface area contributed by atoms with E-state index < -0.39 is 0 Å². The topological polar surface area (TPSA) is 38.8 Å². The van der Waals surface area contributed by atoms with Crippen LogP contribution in [-0.2, 0) is 11.2 Å². The number of ether oxygens (including phenoxy) is 2. The molecule has 3 rings (SSSR count). The lowest BCUT2D eigenvalue weighted by Gasteiger charge is -2.16. The zero-order valence-corrected chi connectivity index (χ0v) is 15.6. The van der Waals surface area contributed by atoms with Gasteiger partial charge in [0, 0.05) is 22.8 Å². The fraction of sp³-hybridized carbons (Fsp3) is 0.316. The smallest absolute Gasteiger partial charge is 0.234 e. The number of hydrogen-bond donors (Lipinski definition) is 0. The van der Waals surface area contributed by atoms with E-state index in [0.717, 1.165) is 32.8 Å². The summed E-state index contributed by atoms with van der Waals surface area (Å²) >= 11 is 3.52. The highest BCUT2D eigenvalue weighted by atomic mass is 79.9. The van der Waals surface area contributed by atoms with Gasteiger partial charge in [-0.3, -0.25) is 4.79 Å². The highest BCUT2D eigenvalue weighted by molar-refractivity contribution is 9.10. The van der Waals surface area contributed by atoms with Gasteiger partial charge in [-0.15, -0.1) is 0 Å². The summed E-state index contributed by atoms with van der Waals surface area (Å²) in [6, 6.07) is 11.8. The van der Waals surface area contributed by atoms with Crippen molar-refractivity contribution in [2.45, 2.75) is 19.3 Å². The van der Waals surface area contributed by atoms with Crippen LogP contribution in [0, 0.1) is 0 Å². The summed E-state index contributed by atoms with van der Waals surface area (Å²) in [5.41, 5.74) is 3.07. The first kappa shape index (κ1) is 16.8. The van der Waals surface area contributed by atoms with Crippen LogP contribution >= 0.6 is 15.9 Å². The van der Waals surface area contributed by atoms with Crippen molar-refractivity contribution in [2.75, 3.05) is 25.7 Å². The number of benzene rings is 2. The van der Waals surface area contributed by atoms with Crippen LogP contribution in [0.25, 0.3) is 0 Å². The van der Waals surface area contributed by atoms with Crippen molar-refractivity contribution in [3.63, 3.8) is 0 Å². The van der Waals surface area contributed by atoms with Crippen molar-refractivity contribution in [1.82, 2.24) is 0 Å². The molecule has 1 aliphatic rings. The zero-order chi connectivity index (χ0) is 17.3. The van der Waals surface area contributed by atoms with Gasteiger partial charge in [-0.25, -0.2) is 0 Å². The second-order valence-electron chi connectivity index (χ2n) is 5.72. The van der Waals surface area contributed by atoms with E-state index in [0.29, 0.717) is 13.0 Å². The molecule has 1 amide bonds. The molecule has 0 N–H and O–H groups in total. The van der Waals surface area contributed by atoms with Crippen molar-refractivity contribution in [1.29, 1.82) is 0 Å². The first-order valence-electron chi connectivity index (χ1n) is 7.90. The molecule has 0 bridgehead atoms. The number of halogens is 1. The molecule has 0 saturated heterocycles. The summed E-state index contributed by atoms with van der Waals surface area (Å²) in [5, 5.41) is 0. The molecule has 0 aliphatic carbocycles. The van der Waals surface area contributed by atoms with Crippen LogP contribution in [0.3, 0.4) is 0 Å². The van der Waals surface area contributed by atoms with Gasteiger partial charge in [-0.1, -0.05) is 22.0 Å². The van der Waals surface area contributed by atoms with Gasteiger partial charge in [0.25, 0.3) is 0 Å². The van der Waals surface area contributed by atoms with Gasteiger partial charge in [0.2, 0.25) is 5.91 Å². The number of carbonyl (C=O) groups excluding carboxylic acids is 1. The molecule has 4 nitrogen and oxygen atoms in total. The second-order valence-corrected chi connectivity index (χ2v) is 6.64. The average molecular weight is 390 g/mol. The molecular weight excluding hydrogens is 370 g/mol. The minimum Gasteiger partial charge on any atom is -0.497 e. The van der Waals surface area contributed by atoms with Crippen LogP contribution in [-0.4, -0.2) is 26.7 Å². The Morgan fingerprint density at radius 2 is 1.92 bits per heavy atom. The van der Waals surface area contributed by atoms with Crippen LogP contribution in [0.2, 0.25) is 0 Å². The number of rotatable bonds is 5. The van der Waals surface area contributed by atoms with Gasteiger partial charge in [0.15, 0.2) is 0 Å². The van der Waals surface area contributed by atoms with Gasteiger partial charge >= 0.3 is 0 Å². The molecule has 0 aromatic heterocycles. The van der Waals surface area contributed by atoms with Crippen molar-refractivity contribution in [3.05, 3.63) is 52.0 Å². The van der Waals surface area contributed by atoms with E-state index in [9.17, 15) is 4.79 Å². The third-order valence-electron chi connectivity index (χ3n) is 4.45. The van der Waals surface area contributed by atoms with Crippen molar-refractivity contribution in [2.24, 2.45) is 0 Å². The van der Waals surface area contributed by atoms with E-state index in [4.69, 9.17) is 9.47 Å². The van der Waals surface area contributed by atoms with Gasteiger partial charge in [-0.2, -0.15) is 0 Å². The van der Waals surface area contributed by atoms with Crippen LogP contribution in [0.15, 0.2) is 40.9 Å². The number of nitrogens with zero attached hydrogens (tertiary/aromatic N) is 1. The molecule has 1 heterocycles. The van der Waals surface area contributed by atoms with E-state index >= 15 is 0 Å². The molecular formula is C19H20BrNO3. The maximum Gasteiger partial charge on any atom is 0.234 e. The van der Waals surface area contributed by atoms with E-state index in [1.165, 1.54) is 0 Å². The van der Waals surface area contributed by atoms with Crippen LogP contribution in [0.5, 0.6) is 11.5 Å². The Bertz CT molecular complexity index is 775. The van der Waals surface area contributed by atoms with Crippen molar-refractivity contribution < 1.29 is 14.3 Å². The summed E-state index contributed by atoms with van der Waals surface area (Å²) < 4.78 is 11.7. The van der Waals surface area contributed by atoms with Gasteiger partial charge in [0.1, 0.15) is 11.5 Å². The Hall–Kier alpha value is -2.01. The molecule has 126 valence electrons. The molecule has 0 saturated carbocycles. The van der Waals surface area contributed by atoms with Gasteiger partial charge in [-0.05, 0) is 48.7 Å². The summed E-state index contributed by atoms with van der Waals surface area (Å²) in [6.45, 7) is 2.67. The normalized spacial score (nSPS) is 16.2. The highest BCUT2D eigenvalue weighted by Gasteiger charge is 2.36. The predicted molar refractivity (Wildman–Crippen MR) is 98.2 cm³/mol. The minimum absolute atomic E-state index is 0.142. The third-order valence-corrected chi connectivity index (χ3v) is 4.95. The Balaban J connectivity index is 1.99. The summed E-state index contributed by atoms with van der Waals surface area (Å²) in [5.74, 6) is 1.43. The molecule has 0 unspecified atom stereocenters. The van der Waals surface area contributed by atoms with E-state index in [1.807, 2.05) is 48.2 Å². The molecule has 0 fully saturated rings. The number of likely N-dealkylation sites (N-methyl/N-ethyl adjacent to an activating group) is 1. The number of fused-ring (bicyclic) bond motifs is 1. The molecule has 1 atom stereocenters. The lowest BCUT2D eigenvalue weighted by Crippen LogP contribution is -2.29. The minimum atomic E-state index is -0.195. The zero-order valence-electron chi connectivity index (χ0n) is 14.0. The molecule has 24 heavy (non-hydrogen) atoms. The molecule has 0 radical (unpaired) electrons. The average Bonchev–Trinajstić information content (AvgIpc) is 2.86. The fourth-order valence-corrected chi connectivity index (χ4v) is 3.63. The van der Waals surface area contributed by atoms with Gasteiger partial charge in [0.05, 0.1) is 20.1 Å². The van der Waals surface area contributed by atoms with E-state index in [1.54, 1.807) is 14.2 Å². The molecule has 0 spiro atoms. The van der Waals surface area contributed by atoms with Crippen LogP contribution in [0.1, 0.15) is 24.0 Å². The monoisotopic (exact) mass is 389 g/mol. The Morgan fingerprint density at radius 1 is 1.12 bits per heavy atom. The standard InChI is InChI=1S/C19H20BrNO3/c1-4-21-17-8-6-13(20)10-15(17)16(19(21)22)9-12-5-7-14(23-2)11-18(12)24-3/h5-8,10-11,16H,4,9H2,1-3H3/t16-/m1/s1. The Labute approximate surface area is 150 Å².